The number of hydrogen-bond acceptors (Lipinski definition) is 5. The summed E-state index contributed by atoms with van der Waals surface area (Å²) in [6.07, 6.45) is 1.78. The van der Waals surface area contributed by atoms with Gasteiger partial charge in [0.05, 0.1) is 18.5 Å². The predicted molar refractivity (Wildman–Crippen MR) is 143 cm³/mol. The van der Waals surface area contributed by atoms with Crippen LogP contribution in [-0.2, 0) is 0 Å². The van der Waals surface area contributed by atoms with Gasteiger partial charge in [0.2, 0.25) is 5.88 Å². The Kier molecular flexibility index (Phi) is 9.54. The van der Waals surface area contributed by atoms with Gasteiger partial charge in [-0.2, -0.15) is 13.2 Å². The molecule has 0 spiro atoms. The number of pyridine rings is 2. The third-order valence-corrected chi connectivity index (χ3v) is 5.45. The van der Waals surface area contributed by atoms with Crippen molar-refractivity contribution >= 4 is 29.8 Å². The highest BCUT2D eigenvalue weighted by Crippen LogP contribution is 2.27. The largest absolute Gasteiger partial charge is 0.478 e. The van der Waals surface area contributed by atoms with Gasteiger partial charge in [-0.15, -0.1) is 12.4 Å². The Morgan fingerprint density at radius 3 is 2.55 bits per heavy atom. The number of alkyl halides is 3. The molecule has 0 unspecified atom stereocenters. The first kappa shape index (κ1) is 28.7. The topological polar surface area (TPSA) is 83.8 Å². The summed E-state index contributed by atoms with van der Waals surface area (Å²) in [5, 5.41) is 4.21. The average Bonchev–Trinajstić information content (AvgIpc) is 3.29. The first-order valence-electron chi connectivity index (χ1n) is 11.6. The molecule has 3 heterocycles. The van der Waals surface area contributed by atoms with Gasteiger partial charge in [-0.1, -0.05) is 12.1 Å². The van der Waals surface area contributed by atoms with Crippen molar-refractivity contribution in [3.05, 3.63) is 67.1 Å². The molecule has 0 aliphatic rings. The standard InChI is InChI=1S/C26H27F3N6O2.ClH/c1-34(2)10-4-12-37-24-8-7-20(15-31-24)18-9-11-35-22(16-30-23(35)14-18)19-5-3-6-21(13-19)33-25(36)32-17-26(27,28)29;/h3,5-9,11,13-16H,4,10,12,17H2,1-2H3,(H2,32,33,36);1H. The number of aromatic nitrogens is 3. The van der Waals surface area contributed by atoms with Crippen molar-refractivity contribution in [3.8, 4) is 28.3 Å². The highest BCUT2D eigenvalue weighted by molar-refractivity contribution is 5.90. The molecule has 0 aliphatic heterocycles. The van der Waals surface area contributed by atoms with Crippen LogP contribution >= 0.6 is 12.4 Å². The van der Waals surface area contributed by atoms with Crippen molar-refractivity contribution < 1.29 is 22.7 Å². The summed E-state index contributed by atoms with van der Waals surface area (Å²) in [5.74, 6) is 0.576. The van der Waals surface area contributed by atoms with E-state index >= 15 is 0 Å². The Balaban J connectivity index is 0.00000400. The van der Waals surface area contributed by atoms with Gasteiger partial charge in [0, 0.05) is 41.8 Å². The molecule has 2 N–H and O–H groups in total. The normalized spacial score (nSPS) is 11.3. The van der Waals surface area contributed by atoms with Crippen LogP contribution < -0.4 is 15.4 Å². The first-order valence-corrected chi connectivity index (χ1v) is 11.6. The van der Waals surface area contributed by atoms with E-state index in [4.69, 9.17) is 4.74 Å². The molecule has 0 radical (unpaired) electrons. The van der Waals surface area contributed by atoms with Crippen LogP contribution in [0.25, 0.3) is 28.0 Å². The fourth-order valence-corrected chi connectivity index (χ4v) is 3.68. The summed E-state index contributed by atoms with van der Waals surface area (Å²) in [6.45, 7) is 0.140. The lowest BCUT2D eigenvalue weighted by Crippen LogP contribution is -2.36. The number of carbonyl (C=O) groups excluding carboxylic acids is 1. The minimum absolute atomic E-state index is 0. The zero-order valence-electron chi connectivity index (χ0n) is 20.8. The van der Waals surface area contributed by atoms with Crippen LogP contribution in [0.1, 0.15) is 6.42 Å². The van der Waals surface area contributed by atoms with Crippen LogP contribution in [0.5, 0.6) is 5.88 Å². The Labute approximate surface area is 224 Å². The van der Waals surface area contributed by atoms with E-state index in [-0.39, 0.29) is 12.4 Å². The predicted octanol–water partition coefficient (Wildman–Crippen LogP) is 5.50. The van der Waals surface area contributed by atoms with Crippen molar-refractivity contribution in [2.24, 2.45) is 0 Å². The molecule has 1 aromatic carbocycles. The number of urea groups is 1. The van der Waals surface area contributed by atoms with Crippen molar-refractivity contribution in [1.82, 2.24) is 24.6 Å². The zero-order valence-corrected chi connectivity index (χ0v) is 21.6. The number of nitrogens with one attached hydrogen (secondary N) is 2. The van der Waals surface area contributed by atoms with E-state index in [9.17, 15) is 18.0 Å². The number of halogens is 4. The molecule has 12 heteroatoms. The minimum atomic E-state index is -4.48. The van der Waals surface area contributed by atoms with E-state index in [0.717, 1.165) is 35.3 Å². The molecule has 0 aliphatic carbocycles. The molecule has 4 aromatic rings. The van der Waals surface area contributed by atoms with Crippen molar-refractivity contribution in [2.75, 3.05) is 39.1 Å². The maximum atomic E-state index is 12.3. The third kappa shape index (κ3) is 7.83. The smallest absolute Gasteiger partial charge is 0.405 e. The third-order valence-electron chi connectivity index (χ3n) is 5.45. The summed E-state index contributed by atoms with van der Waals surface area (Å²) in [6, 6.07) is 13.5. The monoisotopic (exact) mass is 548 g/mol. The summed E-state index contributed by atoms with van der Waals surface area (Å²) in [5.41, 5.74) is 4.43. The Morgan fingerprint density at radius 2 is 1.84 bits per heavy atom. The minimum Gasteiger partial charge on any atom is -0.478 e. The van der Waals surface area contributed by atoms with E-state index < -0.39 is 18.8 Å². The van der Waals surface area contributed by atoms with Gasteiger partial charge in [0.25, 0.3) is 0 Å². The number of fused-ring (bicyclic) bond motifs is 1. The molecular weight excluding hydrogens is 521 g/mol. The van der Waals surface area contributed by atoms with Crippen LogP contribution in [0.3, 0.4) is 0 Å². The van der Waals surface area contributed by atoms with Gasteiger partial charge in [-0.25, -0.2) is 14.8 Å². The fraction of sp³-hybridized carbons (Fsp3) is 0.269. The Morgan fingerprint density at radius 1 is 1.03 bits per heavy atom. The number of nitrogens with zero attached hydrogens (tertiary/aromatic N) is 4. The highest BCUT2D eigenvalue weighted by atomic mass is 35.5. The number of rotatable bonds is 9. The second-order valence-corrected chi connectivity index (χ2v) is 8.68. The van der Waals surface area contributed by atoms with Crippen LogP contribution in [-0.4, -0.2) is 65.3 Å². The van der Waals surface area contributed by atoms with E-state index in [0.29, 0.717) is 23.8 Å². The molecule has 4 rings (SSSR count). The van der Waals surface area contributed by atoms with E-state index in [1.807, 2.05) is 55.0 Å². The number of anilines is 1. The lowest BCUT2D eigenvalue weighted by Gasteiger charge is -2.11. The summed E-state index contributed by atoms with van der Waals surface area (Å²) >= 11 is 0. The van der Waals surface area contributed by atoms with Crippen LogP contribution in [0.4, 0.5) is 23.7 Å². The van der Waals surface area contributed by atoms with Gasteiger partial charge < -0.3 is 20.3 Å². The lowest BCUT2D eigenvalue weighted by atomic mass is 10.1. The van der Waals surface area contributed by atoms with Gasteiger partial charge in [-0.3, -0.25) is 4.40 Å². The van der Waals surface area contributed by atoms with Gasteiger partial charge in [0.15, 0.2) is 0 Å². The number of benzene rings is 1. The Bertz CT molecular complexity index is 1360. The van der Waals surface area contributed by atoms with Gasteiger partial charge in [-0.05, 0) is 56.4 Å². The molecule has 8 nitrogen and oxygen atoms in total. The summed E-state index contributed by atoms with van der Waals surface area (Å²) in [4.78, 5) is 22.8. The van der Waals surface area contributed by atoms with E-state index in [2.05, 4.69) is 20.2 Å². The van der Waals surface area contributed by atoms with Crippen LogP contribution in [0.2, 0.25) is 0 Å². The first-order chi connectivity index (χ1) is 17.7. The maximum Gasteiger partial charge on any atom is 0.405 e. The van der Waals surface area contributed by atoms with Crippen LogP contribution in [0.15, 0.2) is 67.1 Å². The van der Waals surface area contributed by atoms with Gasteiger partial charge >= 0.3 is 12.2 Å². The maximum absolute atomic E-state index is 12.3. The molecule has 0 atom stereocenters. The van der Waals surface area contributed by atoms with Crippen molar-refractivity contribution in [3.63, 3.8) is 0 Å². The SMILES string of the molecule is CN(C)CCCOc1ccc(-c2ccn3c(-c4cccc(NC(=O)NCC(F)(F)F)c4)cnc3c2)cn1.Cl. The number of imidazole rings is 1. The number of carbonyl (C=O) groups is 1. The highest BCUT2D eigenvalue weighted by Gasteiger charge is 2.27. The summed E-state index contributed by atoms with van der Waals surface area (Å²) in [7, 11) is 4.04. The van der Waals surface area contributed by atoms with Crippen molar-refractivity contribution in [2.45, 2.75) is 12.6 Å². The number of ether oxygens (including phenoxy) is 1. The second-order valence-electron chi connectivity index (χ2n) is 8.68. The fourth-order valence-electron chi connectivity index (χ4n) is 3.68. The van der Waals surface area contributed by atoms with Crippen molar-refractivity contribution in [1.29, 1.82) is 0 Å². The van der Waals surface area contributed by atoms with E-state index in [1.54, 1.807) is 35.9 Å². The quantitative estimate of drug-likeness (QED) is 0.270. The summed E-state index contributed by atoms with van der Waals surface area (Å²) < 4.78 is 44.6. The molecule has 0 bridgehead atoms. The molecule has 38 heavy (non-hydrogen) atoms. The molecule has 0 fully saturated rings. The average molecular weight is 549 g/mol. The molecular formula is C26H28ClF3N6O2. The molecule has 0 saturated carbocycles. The number of hydrogen-bond donors (Lipinski definition) is 2. The lowest BCUT2D eigenvalue weighted by molar-refractivity contribution is -0.122. The second kappa shape index (κ2) is 12.6. The molecule has 0 saturated heterocycles. The molecule has 202 valence electrons. The molecule has 2 amide bonds. The molecule has 3 aromatic heterocycles. The Hall–Kier alpha value is -3.83. The van der Waals surface area contributed by atoms with E-state index in [1.165, 1.54) is 0 Å². The zero-order chi connectivity index (χ0) is 26.4. The number of amides is 2. The van der Waals surface area contributed by atoms with Gasteiger partial charge in [0.1, 0.15) is 12.2 Å². The van der Waals surface area contributed by atoms with Crippen LogP contribution in [0, 0.1) is 0 Å².